The molecular formula is C19H18F3N3O. The quantitative estimate of drug-likeness (QED) is 0.727. The van der Waals surface area contributed by atoms with Crippen molar-refractivity contribution in [1.82, 2.24) is 15.1 Å². The van der Waals surface area contributed by atoms with Crippen molar-refractivity contribution >= 4 is 0 Å². The summed E-state index contributed by atoms with van der Waals surface area (Å²) in [4.78, 5) is 0. The van der Waals surface area contributed by atoms with E-state index in [1.54, 1.807) is 19.4 Å². The maximum absolute atomic E-state index is 12.7. The highest BCUT2D eigenvalue weighted by atomic mass is 19.4. The number of halogens is 3. The standard InChI is InChI=1S/C19H18F3N3O/c1-23-18(12-26)14-4-2-3-13(9-14)15-10-24-25(11-15)17-7-5-16(6-8-17)19(20,21)22/h2-11,18,23,26H,12H2,1H3. The highest BCUT2D eigenvalue weighted by Gasteiger charge is 2.30. The van der Waals surface area contributed by atoms with Gasteiger partial charge in [0.1, 0.15) is 0 Å². The third-order valence-corrected chi connectivity index (χ3v) is 4.20. The van der Waals surface area contributed by atoms with Crippen LogP contribution in [0.5, 0.6) is 0 Å². The predicted octanol–water partition coefficient (Wildman–Crippen LogP) is 3.81. The Balaban J connectivity index is 1.87. The van der Waals surface area contributed by atoms with Crippen LogP contribution in [0.4, 0.5) is 13.2 Å². The first kappa shape index (κ1) is 18.2. The van der Waals surface area contributed by atoms with Crippen molar-refractivity contribution < 1.29 is 18.3 Å². The van der Waals surface area contributed by atoms with Crippen LogP contribution in [0.1, 0.15) is 17.2 Å². The van der Waals surface area contributed by atoms with Gasteiger partial charge in [0.05, 0.1) is 30.1 Å². The van der Waals surface area contributed by atoms with Crippen LogP contribution in [0, 0.1) is 0 Å². The van der Waals surface area contributed by atoms with Crippen LogP contribution >= 0.6 is 0 Å². The van der Waals surface area contributed by atoms with Crippen molar-refractivity contribution in [1.29, 1.82) is 0 Å². The van der Waals surface area contributed by atoms with Gasteiger partial charge in [-0.2, -0.15) is 18.3 Å². The third kappa shape index (κ3) is 3.79. The molecule has 0 radical (unpaired) electrons. The number of nitrogens with one attached hydrogen (secondary N) is 1. The number of alkyl halides is 3. The normalized spacial score (nSPS) is 13.0. The summed E-state index contributed by atoms with van der Waals surface area (Å²) < 4.78 is 39.5. The van der Waals surface area contributed by atoms with E-state index in [0.29, 0.717) is 5.69 Å². The molecule has 3 rings (SSSR count). The first-order valence-corrected chi connectivity index (χ1v) is 8.03. The molecule has 26 heavy (non-hydrogen) atoms. The van der Waals surface area contributed by atoms with E-state index in [0.717, 1.165) is 28.8 Å². The molecule has 0 bridgehead atoms. The maximum atomic E-state index is 12.7. The smallest absolute Gasteiger partial charge is 0.394 e. The molecule has 3 aromatic rings. The monoisotopic (exact) mass is 361 g/mol. The minimum Gasteiger partial charge on any atom is -0.394 e. The van der Waals surface area contributed by atoms with E-state index in [4.69, 9.17) is 0 Å². The zero-order chi connectivity index (χ0) is 18.7. The molecule has 0 aliphatic carbocycles. The fourth-order valence-electron chi connectivity index (χ4n) is 2.71. The molecule has 0 spiro atoms. The summed E-state index contributed by atoms with van der Waals surface area (Å²) in [5.41, 5.74) is 2.54. The van der Waals surface area contributed by atoms with Crippen LogP contribution in [0.25, 0.3) is 16.8 Å². The van der Waals surface area contributed by atoms with Gasteiger partial charge in [-0.25, -0.2) is 4.68 Å². The van der Waals surface area contributed by atoms with Crippen LogP contribution in [-0.2, 0) is 6.18 Å². The maximum Gasteiger partial charge on any atom is 0.416 e. The SMILES string of the molecule is CNC(CO)c1cccc(-c2cnn(-c3ccc(C(F)(F)F)cc3)c2)c1. The lowest BCUT2D eigenvalue weighted by atomic mass is 10.0. The summed E-state index contributed by atoms with van der Waals surface area (Å²) in [6, 6.07) is 12.4. The fraction of sp³-hybridized carbons (Fsp3) is 0.211. The Bertz CT molecular complexity index is 868. The van der Waals surface area contributed by atoms with Crippen LogP contribution in [0.2, 0.25) is 0 Å². The second-order valence-corrected chi connectivity index (χ2v) is 5.87. The first-order valence-electron chi connectivity index (χ1n) is 8.03. The number of aliphatic hydroxyl groups excluding tert-OH is 1. The molecule has 0 amide bonds. The van der Waals surface area contributed by atoms with Gasteiger partial charge in [-0.3, -0.25) is 0 Å². The van der Waals surface area contributed by atoms with Crippen molar-refractivity contribution in [3.8, 4) is 16.8 Å². The van der Waals surface area contributed by atoms with Crippen molar-refractivity contribution in [2.45, 2.75) is 12.2 Å². The highest BCUT2D eigenvalue weighted by Crippen LogP contribution is 2.30. The van der Waals surface area contributed by atoms with Crippen molar-refractivity contribution in [3.63, 3.8) is 0 Å². The van der Waals surface area contributed by atoms with Crippen LogP contribution in [0.3, 0.4) is 0 Å². The van der Waals surface area contributed by atoms with Gasteiger partial charge in [0.2, 0.25) is 0 Å². The highest BCUT2D eigenvalue weighted by molar-refractivity contribution is 5.63. The van der Waals surface area contributed by atoms with Gasteiger partial charge in [0, 0.05) is 11.8 Å². The van der Waals surface area contributed by atoms with E-state index < -0.39 is 11.7 Å². The number of benzene rings is 2. The molecule has 1 heterocycles. The summed E-state index contributed by atoms with van der Waals surface area (Å²) in [7, 11) is 1.77. The van der Waals surface area contributed by atoms with Crippen molar-refractivity contribution in [2.75, 3.05) is 13.7 Å². The molecule has 0 saturated carbocycles. The second-order valence-electron chi connectivity index (χ2n) is 5.87. The third-order valence-electron chi connectivity index (χ3n) is 4.20. The second kappa shape index (κ2) is 7.31. The Kier molecular flexibility index (Phi) is 5.11. The molecule has 0 saturated heterocycles. The topological polar surface area (TPSA) is 50.1 Å². The van der Waals surface area contributed by atoms with E-state index in [9.17, 15) is 18.3 Å². The lowest BCUT2D eigenvalue weighted by molar-refractivity contribution is -0.137. The lowest BCUT2D eigenvalue weighted by Gasteiger charge is -2.14. The fourth-order valence-corrected chi connectivity index (χ4v) is 2.71. The van der Waals surface area contributed by atoms with Gasteiger partial charge in [0.15, 0.2) is 0 Å². The van der Waals surface area contributed by atoms with Crippen LogP contribution < -0.4 is 5.32 Å². The minimum absolute atomic E-state index is 0.0230. The Morgan fingerprint density at radius 2 is 1.85 bits per heavy atom. The molecule has 1 atom stereocenters. The van der Waals surface area contributed by atoms with E-state index in [1.165, 1.54) is 16.8 Å². The summed E-state index contributed by atoms with van der Waals surface area (Å²) in [6.45, 7) is -0.0230. The molecule has 4 nitrogen and oxygen atoms in total. The number of aromatic nitrogens is 2. The molecule has 0 aliphatic rings. The Labute approximate surface area is 148 Å². The van der Waals surface area contributed by atoms with Gasteiger partial charge in [-0.05, 0) is 48.5 Å². The lowest BCUT2D eigenvalue weighted by Crippen LogP contribution is -2.19. The largest absolute Gasteiger partial charge is 0.416 e. The predicted molar refractivity (Wildman–Crippen MR) is 92.9 cm³/mol. The average molecular weight is 361 g/mol. The van der Waals surface area contributed by atoms with Gasteiger partial charge in [0.25, 0.3) is 0 Å². The summed E-state index contributed by atoms with van der Waals surface area (Å²) >= 11 is 0. The number of hydrogen-bond donors (Lipinski definition) is 2. The Morgan fingerprint density at radius 1 is 1.12 bits per heavy atom. The summed E-state index contributed by atoms with van der Waals surface area (Å²) in [5.74, 6) is 0. The summed E-state index contributed by atoms with van der Waals surface area (Å²) in [5, 5.41) is 16.7. The number of rotatable bonds is 5. The zero-order valence-electron chi connectivity index (χ0n) is 14.0. The minimum atomic E-state index is -4.36. The number of aliphatic hydroxyl groups is 1. The molecule has 1 aromatic heterocycles. The van der Waals surface area contributed by atoms with E-state index in [-0.39, 0.29) is 12.6 Å². The molecule has 0 aliphatic heterocycles. The zero-order valence-corrected chi connectivity index (χ0v) is 14.0. The molecule has 136 valence electrons. The van der Waals surface area contributed by atoms with E-state index >= 15 is 0 Å². The van der Waals surface area contributed by atoms with Gasteiger partial charge < -0.3 is 10.4 Å². The molecule has 7 heteroatoms. The first-order chi connectivity index (χ1) is 12.4. The van der Waals surface area contributed by atoms with Gasteiger partial charge in [-0.1, -0.05) is 18.2 Å². The van der Waals surface area contributed by atoms with Crippen LogP contribution in [0.15, 0.2) is 60.9 Å². The van der Waals surface area contributed by atoms with E-state index in [2.05, 4.69) is 10.4 Å². The molecule has 0 fully saturated rings. The van der Waals surface area contributed by atoms with Crippen molar-refractivity contribution in [2.24, 2.45) is 0 Å². The Morgan fingerprint density at radius 3 is 2.46 bits per heavy atom. The molecule has 1 unspecified atom stereocenters. The number of nitrogens with zero attached hydrogens (tertiary/aromatic N) is 2. The summed E-state index contributed by atoms with van der Waals surface area (Å²) in [6.07, 6.45) is -0.941. The van der Waals surface area contributed by atoms with E-state index in [1.807, 2.05) is 24.3 Å². The molecular weight excluding hydrogens is 343 g/mol. The molecule has 2 N–H and O–H groups in total. The van der Waals surface area contributed by atoms with Crippen molar-refractivity contribution in [3.05, 3.63) is 72.1 Å². The van der Waals surface area contributed by atoms with Gasteiger partial charge >= 0.3 is 6.18 Å². The molecule has 2 aromatic carbocycles. The number of hydrogen-bond acceptors (Lipinski definition) is 3. The van der Waals surface area contributed by atoms with Crippen LogP contribution in [-0.4, -0.2) is 28.5 Å². The number of likely N-dealkylation sites (N-methyl/N-ethyl adjacent to an activating group) is 1. The van der Waals surface area contributed by atoms with Gasteiger partial charge in [-0.15, -0.1) is 0 Å². The Hall–Kier alpha value is -2.64. The average Bonchev–Trinajstić information content (AvgIpc) is 3.13.